The van der Waals surface area contributed by atoms with Crippen molar-refractivity contribution in [1.82, 2.24) is 0 Å². The fourth-order valence-electron chi connectivity index (χ4n) is 0.965. The van der Waals surface area contributed by atoms with Gasteiger partial charge in [-0.25, -0.2) is 4.39 Å². The number of hydrogen-bond acceptors (Lipinski definition) is 2. The van der Waals surface area contributed by atoms with Crippen LogP contribution in [-0.2, 0) is 0 Å². The fourth-order valence-corrected chi connectivity index (χ4v) is 1.69. The van der Waals surface area contributed by atoms with Gasteiger partial charge in [0.25, 0.3) is 0 Å². The lowest BCUT2D eigenvalue weighted by atomic mass is 10.1. The molecule has 0 N–H and O–H groups in total. The molecular formula is C9H6F3IO2. The first-order valence-corrected chi connectivity index (χ1v) is 4.94. The number of benzene rings is 1. The van der Waals surface area contributed by atoms with E-state index in [0.717, 1.165) is 6.07 Å². The Kier molecular flexibility index (Phi) is 3.95. The van der Waals surface area contributed by atoms with Crippen LogP contribution in [0.5, 0.6) is 5.75 Å². The summed E-state index contributed by atoms with van der Waals surface area (Å²) in [5.74, 6) is -1.83. The topological polar surface area (TPSA) is 26.3 Å². The highest BCUT2D eigenvalue weighted by molar-refractivity contribution is 14.1. The highest BCUT2D eigenvalue weighted by Gasteiger charge is 2.16. The zero-order valence-corrected chi connectivity index (χ0v) is 9.72. The van der Waals surface area contributed by atoms with Gasteiger partial charge in [0.15, 0.2) is 17.3 Å². The molecule has 0 fully saturated rings. The van der Waals surface area contributed by atoms with Gasteiger partial charge in [0.05, 0.1) is 3.57 Å². The average molecular weight is 330 g/mol. The van der Waals surface area contributed by atoms with Crippen molar-refractivity contribution in [2.45, 2.75) is 13.5 Å². The first-order chi connectivity index (χ1) is 6.91. The van der Waals surface area contributed by atoms with Gasteiger partial charge in [0.1, 0.15) is 0 Å². The lowest BCUT2D eigenvalue weighted by molar-refractivity contribution is -0.0528. The van der Waals surface area contributed by atoms with Crippen LogP contribution in [0.3, 0.4) is 0 Å². The van der Waals surface area contributed by atoms with E-state index in [4.69, 9.17) is 0 Å². The summed E-state index contributed by atoms with van der Waals surface area (Å²) in [5, 5.41) is 0. The summed E-state index contributed by atoms with van der Waals surface area (Å²) in [4.78, 5) is 10.9. The van der Waals surface area contributed by atoms with Crippen molar-refractivity contribution >= 4 is 28.4 Å². The van der Waals surface area contributed by atoms with Gasteiger partial charge in [0.2, 0.25) is 0 Å². The zero-order chi connectivity index (χ0) is 11.6. The first-order valence-electron chi connectivity index (χ1n) is 3.86. The minimum absolute atomic E-state index is 0.124. The van der Waals surface area contributed by atoms with Crippen LogP contribution < -0.4 is 4.74 Å². The highest BCUT2D eigenvalue weighted by Crippen LogP contribution is 2.27. The Balaban J connectivity index is 3.15. The summed E-state index contributed by atoms with van der Waals surface area (Å²) in [6, 6.07) is 2.17. The highest BCUT2D eigenvalue weighted by atomic mass is 127. The predicted molar refractivity (Wildman–Crippen MR) is 55.8 cm³/mol. The maximum atomic E-state index is 13.2. The molecule has 0 heterocycles. The first kappa shape index (κ1) is 12.3. The summed E-state index contributed by atoms with van der Waals surface area (Å²) >= 11 is 1.63. The molecule has 2 nitrogen and oxygen atoms in total. The third-order valence-electron chi connectivity index (χ3n) is 1.61. The molecule has 0 saturated heterocycles. The number of carbonyl (C=O) groups excluding carboxylic acids is 1. The van der Waals surface area contributed by atoms with Gasteiger partial charge in [-0.1, -0.05) is 0 Å². The second-order valence-electron chi connectivity index (χ2n) is 2.70. The molecule has 1 rings (SSSR count). The van der Waals surface area contributed by atoms with E-state index in [1.165, 1.54) is 13.0 Å². The minimum atomic E-state index is -3.09. The van der Waals surface area contributed by atoms with E-state index in [-0.39, 0.29) is 14.9 Å². The SMILES string of the molecule is CC(=O)c1cc(F)c(OC(F)F)c(I)c1. The standard InChI is InChI=1S/C9H6F3IO2/c1-4(14)5-2-6(10)8(7(13)3-5)15-9(11)12/h2-3,9H,1H3. The van der Waals surface area contributed by atoms with Crippen LogP contribution >= 0.6 is 22.6 Å². The summed E-state index contributed by atoms with van der Waals surface area (Å²) in [5.41, 5.74) is 0.124. The normalized spacial score (nSPS) is 10.5. The summed E-state index contributed by atoms with van der Waals surface area (Å²) in [6.07, 6.45) is 0. The molecule has 0 amide bonds. The van der Waals surface area contributed by atoms with E-state index < -0.39 is 18.2 Å². The summed E-state index contributed by atoms with van der Waals surface area (Å²) < 4.78 is 41.1. The van der Waals surface area contributed by atoms with Crippen LogP contribution in [0.25, 0.3) is 0 Å². The third-order valence-corrected chi connectivity index (χ3v) is 2.41. The second kappa shape index (κ2) is 4.82. The van der Waals surface area contributed by atoms with Gasteiger partial charge >= 0.3 is 6.61 Å². The molecule has 0 radical (unpaired) electrons. The van der Waals surface area contributed by atoms with Gasteiger partial charge in [-0.15, -0.1) is 0 Å². The average Bonchev–Trinajstić information content (AvgIpc) is 2.10. The number of ketones is 1. The van der Waals surface area contributed by atoms with E-state index in [1.54, 1.807) is 22.6 Å². The molecule has 0 aliphatic carbocycles. The Morgan fingerprint density at radius 1 is 1.47 bits per heavy atom. The van der Waals surface area contributed by atoms with Crippen molar-refractivity contribution in [1.29, 1.82) is 0 Å². The largest absolute Gasteiger partial charge is 0.431 e. The fraction of sp³-hybridized carbons (Fsp3) is 0.222. The Labute approximate surface area is 97.6 Å². The van der Waals surface area contributed by atoms with Crippen LogP contribution in [-0.4, -0.2) is 12.4 Å². The van der Waals surface area contributed by atoms with Gasteiger partial charge in [-0.2, -0.15) is 8.78 Å². The van der Waals surface area contributed by atoms with E-state index in [2.05, 4.69) is 4.74 Å². The van der Waals surface area contributed by atoms with Crippen molar-refractivity contribution in [2.75, 3.05) is 0 Å². The van der Waals surface area contributed by atoms with Gasteiger partial charge in [-0.3, -0.25) is 4.79 Å². The van der Waals surface area contributed by atoms with Gasteiger partial charge < -0.3 is 4.74 Å². The molecule has 1 aromatic carbocycles. The molecule has 0 unspecified atom stereocenters. The quantitative estimate of drug-likeness (QED) is 0.628. The van der Waals surface area contributed by atoms with Crippen molar-refractivity contribution in [3.05, 3.63) is 27.1 Å². The molecule has 0 aliphatic rings. The predicted octanol–water partition coefficient (Wildman–Crippen LogP) is 3.23. The van der Waals surface area contributed by atoms with Crippen LogP contribution in [0.2, 0.25) is 0 Å². The van der Waals surface area contributed by atoms with Crippen LogP contribution in [0.1, 0.15) is 17.3 Å². The van der Waals surface area contributed by atoms with Crippen molar-refractivity contribution in [2.24, 2.45) is 0 Å². The number of Topliss-reactive ketones (excluding diaryl/α,β-unsaturated/α-hetero) is 1. The number of carbonyl (C=O) groups is 1. The molecule has 82 valence electrons. The Morgan fingerprint density at radius 3 is 2.47 bits per heavy atom. The van der Waals surface area contributed by atoms with Gasteiger partial charge in [0, 0.05) is 5.56 Å². The van der Waals surface area contributed by atoms with Crippen molar-refractivity contribution in [3.8, 4) is 5.75 Å². The second-order valence-corrected chi connectivity index (χ2v) is 3.87. The van der Waals surface area contributed by atoms with E-state index in [9.17, 15) is 18.0 Å². The number of halogens is 4. The van der Waals surface area contributed by atoms with E-state index in [1.807, 2.05) is 0 Å². The molecule has 0 bridgehead atoms. The van der Waals surface area contributed by atoms with E-state index >= 15 is 0 Å². The number of rotatable bonds is 3. The monoisotopic (exact) mass is 330 g/mol. The molecule has 0 atom stereocenters. The Bertz CT molecular complexity index is 370. The van der Waals surface area contributed by atoms with Crippen molar-refractivity contribution < 1.29 is 22.7 Å². The Hall–Kier alpha value is -0.790. The van der Waals surface area contributed by atoms with Crippen LogP contribution in [0.4, 0.5) is 13.2 Å². The molecule has 15 heavy (non-hydrogen) atoms. The lowest BCUT2D eigenvalue weighted by Crippen LogP contribution is -2.06. The molecule has 0 spiro atoms. The van der Waals surface area contributed by atoms with Crippen LogP contribution in [0, 0.1) is 9.39 Å². The van der Waals surface area contributed by atoms with Crippen molar-refractivity contribution in [3.63, 3.8) is 0 Å². The molecule has 0 saturated carbocycles. The van der Waals surface area contributed by atoms with Gasteiger partial charge in [-0.05, 0) is 41.6 Å². The number of alkyl halides is 2. The third kappa shape index (κ3) is 3.08. The van der Waals surface area contributed by atoms with Crippen LogP contribution in [0.15, 0.2) is 12.1 Å². The molecule has 0 aromatic heterocycles. The molecule has 0 aliphatic heterocycles. The molecular weight excluding hydrogens is 324 g/mol. The number of hydrogen-bond donors (Lipinski definition) is 0. The maximum absolute atomic E-state index is 13.2. The Morgan fingerprint density at radius 2 is 2.07 bits per heavy atom. The molecule has 1 aromatic rings. The lowest BCUT2D eigenvalue weighted by Gasteiger charge is -2.08. The molecule has 6 heteroatoms. The summed E-state index contributed by atoms with van der Waals surface area (Å²) in [6.45, 7) is -1.82. The maximum Gasteiger partial charge on any atom is 0.387 e. The smallest absolute Gasteiger partial charge is 0.387 e. The number of ether oxygens (including phenoxy) is 1. The minimum Gasteiger partial charge on any atom is -0.431 e. The zero-order valence-electron chi connectivity index (χ0n) is 7.56. The van der Waals surface area contributed by atoms with E-state index in [0.29, 0.717) is 0 Å². The summed E-state index contributed by atoms with van der Waals surface area (Å²) in [7, 11) is 0.